The zero-order valence-electron chi connectivity index (χ0n) is 8.61. The van der Waals surface area contributed by atoms with Crippen molar-refractivity contribution in [2.75, 3.05) is 0 Å². The summed E-state index contributed by atoms with van der Waals surface area (Å²) in [5.41, 5.74) is 3.64. The van der Waals surface area contributed by atoms with Crippen LogP contribution in [0.1, 0.15) is 10.4 Å². The van der Waals surface area contributed by atoms with E-state index in [1.807, 2.05) is 0 Å². The Balaban J connectivity index is 0.00000256. The summed E-state index contributed by atoms with van der Waals surface area (Å²) in [5, 5.41) is 10.4. The maximum Gasteiger partial charge on any atom is 1.00 e. The molecule has 0 aliphatic carbocycles. The van der Waals surface area contributed by atoms with Crippen LogP contribution in [0, 0.1) is 10.1 Å². The Morgan fingerprint density at radius 3 is 2.24 bits per heavy atom. The van der Waals surface area contributed by atoms with Crippen LogP contribution in [0.25, 0.3) is 0 Å². The molecule has 86 valence electrons. The molecule has 0 aromatic heterocycles. The van der Waals surface area contributed by atoms with E-state index in [1.54, 1.807) is 0 Å². The van der Waals surface area contributed by atoms with Crippen molar-refractivity contribution in [3.05, 3.63) is 33.9 Å². The van der Waals surface area contributed by atoms with Gasteiger partial charge in [0.05, 0.1) is 15.4 Å². The van der Waals surface area contributed by atoms with E-state index in [0.29, 0.717) is 6.07 Å². The van der Waals surface area contributed by atoms with E-state index >= 15 is 0 Å². The molecular weight excluding hydrogens is 279 g/mol. The normalized spacial score (nSPS) is 10.4. The number of rotatable bonds is 3. The molecule has 1 aromatic carbocycles. The van der Waals surface area contributed by atoms with Crippen molar-refractivity contribution < 1.29 is 74.1 Å². The molecule has 0 heterocycles. The molecule has 0 aliphatic heterocycles. The fraction of sp³-hybridized carbons (Fsp3) is 0. The third-order valence-electron chi connectivity index (χ3n) is 1.71. The van der Waals surface area contributed by atoms with E-state index in [1.165, 1.54) is 0 Å². The number of non-ortho nitro benzene ring substituents is 1. The van der Waals surface area contributed by atoms with Crippen LogP contribution in [0.4, 0.5) is 5.69 Å². The first-order valence-corrected chi connectivity index (χ1v) is 5.18. The number of amides is 1. The Morgan fingerprint density at radius 2 is 1.88 bits per heavy atom. The van der Waals surface area contributed by atoms with E-state index in [9.17, 15) is 27.9 Å². The van der Waals surface area contributed by atoms with Crippen LogP contribution in [0.15, 0.2) is 23.1 Å². The largest absolute Gasteiger partial charge is 1.00 e. The van der Waals surface area contributed by atoms with Crippen molar-refractivity contribution in [3.63, 3.8) is 0 Å². The molecule has 1 amide bonds. The summed E-state index contributed by atoms with van der Waals surface area (Å²) in [5.74, 6) is -1.15. The average molecular weight is 284 g/mol. The number of nitro benzene ring substituents is 1. The second kappa shape index (κ2) is 6.00. The van der Waals surface area contributed by atoms with E-state index in [0.717, 1.165) is 12.1 Å². The monoisotopic (exact) mass is 284 g/mol. The zero-order chi connectivity index (χ0) is 12.5. The summed E-state index contributed by atoms with van der Waals surface area (Å²) in [6.07, 6.45) is 0. The van der Waals surface area contributed by atoms with Gasteiger partial charge in [-0.2, -0.15) is 0 Å². The van der Waals surface area contributed by atoms with Gasteiger partial charge in [0.2, 0.25) is 5.91 Å². The molecule has 1 aromatic rings. The molecule has 0 saturated carbocycles. The number of hydrogen-bond donors (Lipinski definition) is 1. The average Bonchev–Trinajstić information content (AvgIpc) is 2.15. The summed E-state index contributed by atoms with van der Waals surface area (Å²) >= 11 is 0. The topological polar surface area (TPSA) is 143 Å². The Kier molecular flexibility index (Phi) is 5.87. The molecule has 0 saturated heterocycles. The van der Waals surface area contributed by atoms with E-state index in [-0.39, 0.29) is 51.4 Å². The molecule has 0 spiro atoms. The van der Waals surface area contributed by atoms with Crippen LogP contribution in [-0.2, 0) is 10.1 Å². The van der Waals surface area contributed by atoms with Crippen molar-refractivity contribution in [3.8, 4) is 0 Å². The summed E-state index contributed by atoms with van der Waals surface area (Å²) in [6.45, 7) is 0. The van der Waals surface area contributed by atoms with Gasteiger partial charge in [-0.3, -0.25) is 14.9 Å². The SMILES string of the molecule is NC(=O)c1ccc([N+](=O)[O-])cc1S(=O)(=O)[O-].[K+]. The molecule has 0 fully saturated rings. The van der Waals surface area contributed by atoms with Gasteiger partial charge in [-0.1, -0.05) is 0 Å². The maximum atomic E-state index is 10.8. The summed E-state index contributed by atoms with van der Waals surface area (Å²) in [4.78, 5) is 19.3. The van der Waals surface area contributed by atoms with Crippen LogP contribution < -0.4 is 57.1 Å². The Bertz CT molecular complexity index is 570. The molecule has 0 radical (unpaired) electrons. The molecule has 8 nitrogen and oxygen atoms in total. The van der Waals surface area contributed by atoms with Gasteiger partial charge < -0.3 is 10.3 Å². The number of nitrogens with zero attached hydrogens (tertiary/aromatic N) is 1. The standard InChI is InChI=1S/C7H6N2O6S.K/c8-7(10)5-2-1-4(9(11)12)3-6(5)16(13,14)15;/h1-3H,(H2,8,10)(H,13,14,15);/q;+1/p-1. The predicted octanol–water partition coefficient (Wildman–Crippen LogP) is -3.40. The van der Waals surface area contributed by atoms with Crippen LogP contribution in [0.5, 0.6) is 0 Å². The van der Waals surface area contributed by atoms with Crippen LogP contribution in [0.3, 0.4) is 0 Å². The second-order valence-corrected chi connectivity index (χ2v) is 4.10. The second-order valence-electron chi connectivity index (χ2n) is 2.76. The molecule has 10 heteroatoms. The molecule has 0 aliphatic rings. The fourth-order valence-corrected chi connectivity index (χ4v) is 1.74. The first-order chi connectivity index (χ1) is 7.23. The van der Waals surface area contributed by atoms with Crippen molar-refractivity contribution >= 4 is 21.7 Å². The Hall–Kier alpha value is -0.364. The first kappa shape index (κ1) is 16.6. The Labute approximate surface area is 139 Å². The quantitative estimate of drug-likeness (QED) is 0.265. The minimum Gasteiger partial charge on any atom is -0.744 e. The van der Waals surface area contributed by atoms with Gasteiger partial charge in [0.25, 0.3) is 5.69 Å². The van der Waals surface area contributed by atoms with E-state index in [2.05, 4.69) is 0 Å². The van der Waals surface area contributed by atoms with Gasteiger partial charge in [-0.05, 0) is 6.07 Å². The zero-order valence-corrected chi connectivity index (χ0v) is 12.6. The number of carbonyl (C=O) groups is 1. The third kappa shape index (κ3) is 4.10. The van der Waals surface area contributed by atoms with Gasteiger partial charge in [-0.15, -0.1) is 0 Å². The Morgan fingerprint density at radius 1 is 1.35 bits per heavy atom. The minimum absolute atomic E-state index is 0. The van der Waals surface area contributed by atoms with E-state index < -0.39 is 37.1 Å². The minimum atomic E-state index is -4.99. The number of carbonyl (C=O) groups excluding carboxylic acids is 1. The molecule has 1 rings (SSSR count). The smallest absolute Gasteiger partial charge is 0.744 e. The fourth-order valence-electron chi connectivity index (χ4n) is 1.03. The molecule has 17 heavy (non-hydrogen) atoms. The van der Waals surface area contributed by atoms with E-state index in [4.69, 9.17) is 5.73 Å². The summed E-state index contributed by atoms with van der Waals surface area (Å²) in [6, 6.07) is 2.21. The number of hydrogen-bond acceptors (Lipinski definition) is 6. The molecule has 0 bridgehead atoms. The first-order valence-electron chi connectivity index (χ1n) is 3.77. The number of benzene rings is 1. The number of nitrogens with two attached hydrogens (primary N) is 1. The predicted molar refractivity (Wildman–Crippen MR) is 49.6 cm³/mol. The van der Waals surface area contributed by atoms with Crippen LogP contribution in [-0.4, -0.2) is 23.8 Å². The van der Waals surface area contributed by atoms with Gasteiger partial charge in [0.15, 0.2) is 0 Å². The molecule has 0 atom stereocenters. The number of nitro groups is 1. The molecular formula is C7H5KN2O6S. The summed E-state index contributed by atoms with van der Waals surface area (Å²) < 4.78 is 32.2. The van der Waals surface area contributed by atoms with Crippen LogP contribution >= 0.6 is 0 Å². The maximum absolute atomic E-state index is 10.8. The molecule has 2 N–H and O–H groups in total. The van der Waals surface area contributed by atoms with Crippen LogP contribution in [0.2, 0.25) is 0 Å². The van der Waals surface area contributed by atoms with Gasteiger partial charge in [-0.25, -0.2) is 8.42 Å². The van der Waals surface area contributed by atoms with Crippen molar-refractivity contribution in [2.24, 2.45) is 5.73 Å². The van der Waals surface area contributed by atoms with Gasteiger partial charge in [0.1, 0.15) is 10.1 Å². The van der Waals surface area contributed by atoms with Crippen molar-refractivity contribution in [1.82, 2.24) is 0 Å². The van der Waals surface area contributed by atoms with Gasteiger partial charge in [0, 0.05) is 12.1 Å². The number of primary amides is 1. The van der Waals surface area contributed by atoms with Crippen molar-refractivity contribution in [1.29, 1.82) is 0 Å². The molecule has 0 unspecified atom stereocenters. The summed E-state index contributed by atoms with van der Waals surface area (Å²) in [7, 11) is -4.99. The van der Waals surface area contributed by atoms with Gasteiger partial charge >= 0.3 is 51.4 Å². The third-order valence-corrected chi connectivity index (χ3v) is 2.59. The van der Waals surface area contributed by atoms with Crippen molar-refractivity contribution in [2.45, 2.75) is 4.90 Å².